The van der Waals surface area contributed by atoms with Crippen molar-refractivity contribution in [2.24, 2.45) is 5.10 Å². The van der Waals surface area contributed by atoms with Gasteiger partial charge in [0.15, 0.2) is 0 Å². The SMILES string of the molecule is C=CC(=O)OCCCOc1ccc(C(=O)Oc2ccc(C(=O)Oc3ccc(OCCCOC(=O)C=C)cc3/C=N/NC(=C)Sc3ccccc3C)cc2)cc1. The van der Waals surface area contributed by atoms with Gasteiger partial charge in [0.05, 0.1) is 48.8 Å². The molecular weight excluding hydrogens is 725 g/mol. The minimum atomic E-state index is -0.660. The van der Waals surface area contributed by atoms with Crippen LogP contribution in [-0.4, -0.2) is 56.5 Å². The van der Waals surface area contributed by atoms with Crippen molar-refractivity contribution in [2.45, 2.75) is 24.7 Å². The lowest BCUT2D eigenvalue weighted by molar-refractivity contribution is -0.138. The quantitative estimate of drug-likeness (QED) is 0.0169. The predicted molar refractivity (Wildman–Crippen MR) is 209 cm³/mol. The molecule has 0 spiro atoms. The third-order valence-corrected chi connectivity index (χ3v) is 8.25. The van der Waals surface area contributed by atoms with Crippen LogP contribution in [0.4, 0.5) is 0 Å². The van der Waals surface area contributed by atoms with Crippen molar-refractivity contribution < 1.29 is 47.6 Å². The molecule has 0 aromatic heterocycles. The van der Waals surface area contributed by atoms with Crippen LogP contribution in [0.1, 0.15) is 44.7 Å². The van der Waals surface area contributed by atoms with Gasteiger partial charge in [-0.15, -0.1) is 0 Å². The smallest absolute Gasteiger partial charge is 0.343 e. The molecule has 4 aromatic rings. The summed E-state index contributed by atoms with van der Waals surface area (Å²) in [5, 5.41) is 4.88. The van der Waals surface area contributed by atoms with Crippen LogP contribution in [0.5, 0.6) is 23.0 Å². The van der Waals surface area contributed by atoms with Crippen molar-refractivity contribution in [1.29, 1.82) is 0 Å². The molecule has 0 atom stereocenters. The normalized spacial score (nSPS) is 10.5. The lowest BCUT2D eigenvalue weighted by Gasteiger charge is -2.12. The van der Waals surface area contributed by atoms with E-state index in [2.05, 4.69) is 30.3 Å². The van der Waals surface area contributed by atoms with Crippen molar-refractivity contribution in [3.8, 4) is 23.0 Å². The summed E-state index contributed by atoms with van der Waals surface area (Å²) in [5.41, 5.74) is 4.93. The Morgan fingerprint density at radius 1 is 0.691 bits per heavy atom. The molecule has 0 unspecified atom stereocenters. The molecule has 0 bridgehead atoms. The number of esters is 4. The molecule has 0 amide bonds. The molecule has 0 heterocycles. The average Bonchev–Trinajstić information content (AvgIpc) is 3.19. The number of nitrogens with one attached hydrogen (secondary N) is 1. The molecule has 0 aliphatic rings. The van der Waals surface area contributed by atoms with Crippen molar-refractivity contribution >= 4 is 41.9 Å². The summed E-state index contributed by atoms with van der Waals surface area (Å²) in [5.74, 6) is -0.827. The number of benzene rings is 4. The molecule has 0 saturated heterocycles. The van der Waals surface area contributed by atoms with Crippen LogP contribution in [-0.2, 0) is 19.1 Å². The van der Waals surface area contributed by atoms with Gasteiger partial charge in [-0.2, -0.15) is 5.10 Å². The molecule has 12 nitrogen and oxygen atoms in total. The van der Waals surface area contributed by atoms with E-state index in [9.17, 15) is 19.2 Å². The fourth-order valence-electron chi connectivity index (χ4n) is 4.44. The van der Waals surface area contributed by atoms with E-state index in [1.807, 2.05) is 31.2 Å². The van der Waals surface area contributed by atoms with Crippen LogP contribution in [0.15, 0.2) is 138 Å². The fourth-order valence-corrected chi connectivity index (χ4v) is 5.18. The Hall–Kier alpha value is -6.60. The van der Waals surface area contributed by atoms with Crippen molar-refractivity contribution in [2.75, 3.05) is 26.4 Å². The van der Waals surface area contributed by atoms with Gasteiger partial charge in [-0.3, -0.25) is 5.43 Å². The highest BCUT2D eigenvalue weighted by molar-refractivity contribution is 8.03. The molecule has 0 fully saturated rings. The Balaban J connectivity index is 1.35. The van der Waals surface area contributed by atoms with E-state index in [0.717, 1.165) is 22.6 Å². The summed E-state index contributed by atoms with van der Waals surface area (Å²) < 4.78 is 32.5. The van der Waals surface area contributed by atoms with Gasteiger partial charge in [0.1, 0.15) is 23.0 Å². The second-order valence-electron chi connectivity index (χ2n) is 11.3. The van der Waals surface area contributed by atoms with Crippen LogP contribution >= 0.6 is 11.8 Å². The molecular formula is C42H40N2O10S. The molecule has 1 N–H and O–H groups in total. The van der Waals surface area contributed by atoms with Gasteiger partial charge in [-0.1, -0.05) is 49.7 Å². The highest BCUT2D eigenvalue weighted by atomic mass is 32.2. The first-order valence-electron chi connectivity index (χ1n) is 17.0. The lowest BCUT2D eigenvalue weighted by Crippen LogP contribution is -2.12. The minimum absolute atomic E-state index is 0.167. The number of nitrogens with zero attached hydrogens (tertiary/aromatic N) is 1. The first kappa shape index (κ1) is 41.2. The predicted octanol–water partition coefficient (Wildman–Crippen LogP) is 7.62. The van der Waals surface area contributed by atoms with Crippen molar-refractivity contribution in [1.82, 2.24) is 5.43 Å². The number of hydrogen-bond donors (Lipinski definition) is 1. The van der Waals surface area contributed by atoms with Crippen LogP contribution in [0, 0.1) is 6.92 Å². The summed E-state index contributed by atoms with van der Waals surface area (Å²) >= 11 is 1.43. The van der Waals surface area contributed by atoms with Gasteiger partial charge in [0.25, 0.3) is 0 Å². The summed E-state index contributed by atoms with van der Waals surface area (Å²) in [6.07, 6.45) is 4.61. The molecule has 4 aromatic carbocycles. The van der Waals surface area contributed by atoms with E-state index in [0.29, 0.717) is 47.1 Å². The summed E-state index contributed by atoms with van der Waals surface area (Å²) in [6.45, 7) is 13.7. The molecule has 0 aliphatic heterocycles. The number of hydrogen-bond acceptors (Lipinski definition) is 13. The zero-order valence-corrected chi connectivity index (χ0v) is 31.0. The molecule has 13 heteroatoms. The number of carbonyl (C=O) groups is 4. The van der Waals surface area contributed by atoms with E-state index in [1.165, 1.54) is 42.2 Å². The van der Waals surface area contributed by atoms with Crippen molar-refractivity contribution in [3.05, 3.63) is 150 Å². The van der Waals surface area contributed by atoms with Gasteiger partial charge in [-0.05, 0) is 85.3 Å². The summed E-state index contributed by atoms with van der Waals surface area (Å²) in [7, 11) is 0. The second-order valence-corrected chi connectivity index (χ2v) is 12.5. The Kier molecular flexibility index (Phi) is 16.3. The highest BCUT2D eigenvalue weighted by Crippen LogP contribution is 2.28. The van der Waals surface area contributed by atoms with Crippen LogP contribution in [0.3, 0.4) is 0 Å². The highest BCUT2D eigenvalue weighted by Gasteiger charge is 2.15. The Labute approximate surface area is 323 Å². The van der Waals surface area contributed by atoms with E-state index in [4.69, 9.17) is 28.4 Å². The number of rotatable bonds is 21. The van der Waals surface area contributed by atoms with Crippen LogP contribution in [0.25, 0.3) is 0 Å². The monoisotopic (exact) mass is 764 g/mol. The van der Waals surface area contributed by atoms with E-state index in [1.54, 1.807) is 42.5 Å². The second kappa shape index (κ2) is 21.8. The van der Waals surface area contributed by atoms with E-state index in [-0.39, 0.29) is 36.9 Å². The molecule has 55 heavy (non-hydrogen) atoms. The third kappa shape index (κ3) is 14.0. The summed E-state index contributed by atoms with van der Waals surface area (Å²) in [6, 6.07) is 25.1. The van der Waals surface area contributed by atoms with E-state index >= 15 is 0 Å². The maximum absolute atomic E-state index is 13.2. The Morgan fingerprint density at radius 2 is 1.24 bits per heavy atom. The number of hydrazone groups is 1. The number of thioether (sulfide) groups is 1. The average molecular weight is 765 g/mol. The molecule has 0 aliphatic carbocycles. The van der Waals surface area contributed by atoms with Crippen LogP contribution < -0.4 is 24.4 Å². The maximum atomic E-state index is 13.2. The van der Waals surface area contributed by atoms with Gasteiger partial charge in [-0.25, -0.2) is 19.2 Å². The van der Waals surface area contributed by atoms with Gasteiger partial charge < -0.3 is 28.4 Å². The molecule has 284 valence electrons. The molecule has 0 saturated carbocycles. The lowest BCUT2D eigenvalue weighted by atomic mass is 10.2. The topological polar surface area (TPSA) is 148 Å². The number of carbonyl (C=O) groups excluding carboxylic acids is 4. The largest absolute Gasteiger partial charge is 0.493 e. The van der Waals surface area contributed by atoms with Crippen molar-refractivity contribution in [3.63, 3.8) is 0 Å². The fraction of sp³-hybridized carbons (Fsp3) is 0.167. The van der Waals surface area contributed by atoms with Crippen LogP contribution in [0.2, 0.25) is 0 Å². The number of ether oxygens (including phenoxy) is 6. The standard InChI is InChI=1S/C42H40N2O10S/c1-5-39(45)51-25-9-23-49-34-17-13-31(14-18-34)41(47)53-35-19-15-32(16-20-35)42(48)54-37-22-21-36(50-24-10-26-52-40(46)6-2)27-33(37)28-43-44-30(4)55-38-12-8-7-11-29(38)3/h5-8,11-22,27-28,44H,1-2,4,9-10,23-26H2,3H3/b43-28+. The Morgan fingerprint density at radius 3 is 1.84 bits per heavy atom. The zero-order chi connectivity index (χ0) is 39.4. The first-order valence-corrected chi connectivity index (χ1v) is 17.8. The van der Waals surface area contributed by atoms with Gasteiger partial charge in [0.2, 0.25) is 0 Å². The third-order valence-electron chi connectivity index (χ3n) is 7.23. The number of aryl methyl sites for hydroxylation is 1. The zero-order valence-electron chi connectivity index (χ0n) is 30.2. The maximum Gasteiger partial charge on any atom is 0.343 e. The van der Waals surface area contributed by atoms with Gasteiger partial charge >= 0.3 is 23.9 Å². The Bertz CT molecular complexity index is 2010. The van der Waals surface area contributed by atoms with Gasteiger partial charge in [0, 0.05) is 35.5 Å². The first-order chi connectivity index (χ1) is 26.6. The van der Waals surface area contributed by atoms with E-state index < -0.39 is 23.9 Å². The minimum Gasteiger partial charge on any atom is -0.493 e. The molecule has 0 radical (unpaired) electrons. The summed E-state index contributed by atoms with van der Waals surface area (Å²) in [4.78, 5) is 49.4. The molecule has 4 rings (SSSR count).